The average molecular weight is 388 g/mol. The molecule has 0 radical (unpaired) electrons. The summed E-state index contributed by atoms with van der Waals surface area (Å²) in [5.74, 6) is -0.0294. The molecule has 2 aromatic carbocycles. The van der Waals surface area contributed by atoms with E-state index in [0.29, 0.717) is 23.9 Å². The predicted molar refractivity (Wildman–Crippen MR) is 110 cm³/mol. The van der Waals surface area contributed by atoms with Crippen molar-refractivity contribution in [2.45, 2.75) is 31.8 Å². The van der Waals surface area contributed by atoms with Crippen LogP contribution in [0.15, 0.2) is 48.5 Å². The Kier molecular flexibility index (Phi) is 6.72. The van der Waals surface area contributed by atoms with Gasteiger partial charge in [-0.2, -0.15) is 0 Å². The number of amides is 1. The van der Waals surface area contributed by atoms with Crippen LogP contribution in [-0.2, 0) is 9.53 Å². The molecule has 0 spiro atoms. The van der Waals surface area contributed by atoms with Gasteiger partial charge in [0.1, 0.15) is 0 Å². The first-order valence-electron chi connectivity index (χ1n) is 9.30. The largest absolute Gasteiger partial charge is 0.381 e. The van der Waals surface area contributed by atoms with Crippen molar-refractivity contribution in [2.24, 2.45) is 11.7 Å². The van der Waals surface area contributed by atoms with E-state index in [-0.39, 0.29) is 17.9 Å². The van der Waals surface area contributed by atoms with Crippen LogP contribution in [0, 0.1) is 5.92 Å². The average Bonchev–Trinajstić information content (AvgIpc) is 2.70. The Morgan fingerprint density at radius 2 is 1.89 bits per heavy atom. The number of benzene rings is 2. The Morgan fingerprint density at radius 3 is 2.56 bits per heavy atom. The van der Waals surface area contributed by atoms with E-state index >= 15 is 0 Å². The number of carbonyl (C=O) groups excluding carboxylic acids is 1. The molecule has 1 saturated heterocycles. The van der Waals surface area contributed by atoms with Crippen LogP contribution in [-0.4, -0.2) is 25.2 Å². The minimum atomic E-state index is -0.538. The molecule has 4 N–H and O–H groups in total. The highest BCUT2D eigenvalue weighted by Gasteiger charge is 2.26. The van der Waals surface area contributed by atoms with Gasteiger partial charge < -0.3 is 21.1 Å². The van der Waals surface area contributed by atoms with Gasteiger partial charge in [-0.3, -0.25) is 4.79 Å². The van der Waals surface area contributed by atoms with Gasteiger partial charge in [-0.15, -0.1) is 0 Å². The summed E-state index contributed by atoms with van der Waals surface area (Å²) >= 11 is 6.41. The molecule has 0 aliphatic carbocycles. The van der Waals surface area contributed by atoms with Crippen LogP contribution in [0.3, 0.4) is 0 Å². The van der Waals surface area contributed by atoms with Crippen molar-refractivity contribution < 1.29 is 9.53 Å². The molecule has 1 aliphatic rings. The van der Waals surface area contributed by atoms with Gasteiger partial charge in [0.05, 0.1) is 16.8 Å². The Labute approximate surface area is 165 Å². The maximum Gasteiger partial charge on any atom is 0.241 e. The highest BCUT2D eigenvalue weighted by molar-refractivity contribution is 6.33. The van der Waals surface area contributed by atoms with E-state index < -0.39 is 6.04 Å². The van der Waals surface area contributed by atoms with Crippen molar-refractivity contribution in [3.8, 4) is 0 Å². The van der Waals surface area contributed by atoms with Crippen LogP contribution in [0.4, 0.5) is 11.4 Å². The van der Waals surface area contributed by atoms with E-state index in [0.717, 1.165) is 18.5 Å². The molecule has 0 aromatic heterocycles. The maximum atomic E-state index is 12.4. The molecule has 6 heteroatoms. The van der Waals surface area contributed by atoms with E-state index in [1.54, 1.807) is 6.07 Å². The zero-order valence-electron chi connectivity index (χ0n) is 15.5. The Balaban J connectivity index is 1.61. The number of rotatable bonds is 6. The quantitative estimate of drug-likeness (QED) is 0.694. The Hall–Kier alpha value is -2.08. The molecular weight excluding hydrogens is 362 g/mol. The Morgan fingerprint density at radius 1 is 1.19 bits per heavy atom. The van der Waals surface area contributed by atoms with E-state index in [2.05, 4.69) is 29.7 Å². The maximum absolute atomic E-state index is 12.4. The molecule has 3 rings (SSSR count). The molecule has 1 amide bonds. The minimum Gasteiger partial charge on any atom is -0.381 e. The number of nitrogens with one attached hydrogen (secondary N) is 2. The molecule has 27 heavy (non-hydrogen) atoms. The number of carbonyl (C=O) groups is 1. The van der Waals surface area contributed by atoms with Crippen LogP contribution >= 0.6 is 11.6 Å². The lowest BCUT2D eigenvalue weighted by molar-refractivity contribution is -0.119. The van der Waals surface area contributed by atoms with Crippen molar-refractivity contribution in [3.63, 3.8) is 0 Å². The molecule has 2 aromatic rings. The van der Waals surface area contributed by atoms with Gasteiger partial charge in [-0.1, -0.05) is 41.9 Å². The summed E-state index contributed by atoms with van der Waals surface area (Å²) in [5.41, 5.74) is 8.76. The molecule has 1 fully saturated rings. The number of anilines is 2. The lowest BCUT2D eigenvalue weighted by Crippen LogP contribution is -2.44. The number of hydrogen-bond donors (Lipinski definition) is 3. The summed E-state index contributed by atoms with van der Waals surface area (Å²) in [7, 11) is 0. The first-order valence-corrected chi connectivity index (χ1v) is 9.67. The van der Waals surface area contributed by atoms with Crippen molar-refractivity contribution >= 4 is 28.9 Å². The number of nitrogens with two attached hydrogens (primary N) is 1. The van der Waals surface area contributed by atoms with Crippen LogP contribution < -0.4 is 16.4 Å². The number of ether oxygens (including phenoxy) is 1. The molecule has 1 heterocycles. The highest BCUT2D eigenvalue weighted by atomic mass is 35.5. The summed E-state index contributed by atoms with van der Waals surface area (Å²) in [6.45, 7) is 3.41. The van der Waals surface area contributed by atoms with Gasteiger partial charge >= 0.3 is 0 Å². The van der Waals surface area contributed by atoms with Gasteiger partial charge in [0.2, 0.25) is 5.91 Å². The first kappa shape index (κ1) is 19.7. The van der Waals surface area contributed by atoms with Crippen LogP contribution in [0.25, 0.3) is 0 Å². The van der Waals surface area contributed by atoms with Crippen molar-refractivity contribution in [1.29, 1.82) is 0 Å². The summed E-state index contributed by atoms with van der Waals surface area (Å²) in [4.78, 5) is 12.4. The highest BCUT2D eigenvalue weighted by Crippen LogP contribution is 2.29. The first-order chi connectivity index (χ1) is 13.0. The van der Waals surface area contributed by atoms with Crippen LogP contribution in [0.2, 0.25) is 5.02 Å². The lowest BCUT2D eigenvalue weighted by atomic mass is 9.92. The third-order valence-corrected chi connectivity index (χ3v) is 5.30. The molecule has 144 valence electrons. The fourth-order valence-corrected chi connectivity index (χ4v) is 3.52. The molecule has 2 unspecified atom stereocenters. The topological polar surface area (TPSA) is 76.4 Å². The third kappa shape index (κ3) is 5.22. The number of halogens is 1. The van der Waals surface area contributed by atoms with Gasteiger partial charge in [-0.05, 0) is 49.4 Å². The van der Waals surface area contributed by atoms with E-state index in [1.807, 2.05) is 30.3 Å². The second-order valence-corrected chi connectivity index (χ2v) is 7.34. The van der Waals surface area contributed by atoms with Gasteiger partial charge in [0, 0.05) is 24.9 Å². The minimum absolute atomic E-state index is 0.117. The zero-order chi connectivity index (χ0) is 19.2. The third-order valence-electron chi connectivity index (χ3n) is 4.98. The second-order valence-electron chi connectivity index (χ2n) is 6.94. The SMILES string of the molecule is CC(Nc1ccc(NC(=O)C(N)C2CCOCC2)cc1Cl)c1ccccc1. The predicted octanol–water partition coefficient (Wildman–Crippen LogP) is 4.21. The van der Waals surface area contributed by atoms with Crippen molar-refractivity contribution in [2.75, 3.05) is 23.8 Å². The molecule has 0 bridgehead atoms. The lowest BCUT2D eigenvalue weighted by Gasteiger charge is -2.26. The normalized spacial score (nSPS) is 17.1. The van der Waals surface area contributed by atoms with Crippen molar-refractivity contribution in [3.05, 3.63) is 59.1 Å². The molecule has 0 saturated carbocycles. The summed E-state index contributed by atoms with van der Waals surface area (Å²) in [6.07, 6.45) is 1.63. The Bertz CT molecular complexity index is 763. The standard InChI is InChI=1S/C21H26ClN3O2/c1-14(15-5-3-2-4-6-15)24-19-8-7-17(13-18(19)22)25-21(26)20(23)16-9-11-27-12-10-16/h2-8,13-14,16,20,24H,9-12,23H2,1H3,(H,25,26). The molecular formula is C21H26ClN3O2. The summed E-state index contributed by atoms with van der Waals surface area (Å²) < 4.78 is 5.33. The van der Waals surface area contributed by atoms with Gasteiger partial charge in [0.15, 0.2) is 0 Å². The zero-order valence-corrected chi connectivity index (χ0v) is 16.2. The van der Waals surface area contributed by atoms with Gasteiger partial charge in [-0.25, -0.2) is 0 Å². The van der Waals surface area contributed by atoms with E-state index in [9.17, 15) is 4.79 Å². The smallest absolute Gasteiger partial charge is 0.241 e. The van der Waals surface area contributed by atoms with Crippen LogP contribution in [0.5, 0.6) is 0 Å². The van der Waals surface area contributed by atoms with Crippen LogP contribution in [0.1, 0.15) is 31.4 Å². The second kappa shape index (κ2) is 9.22. The summed E-state index contributed by atoms with van der Waals surface area (Å²) in [5, 5.41) is 6.82. The van der Waals surface area contributed by atoms with E-state index in [1.165, 1.54) is 5.56 Å². The fourth-order valence-electron chi connectivity index (χ4n) is 3.28. The fraction of sp³-hybridized carbons (Fsp3) is 0.381. The number of hydrogen-bond acceptors (Lipinski definition) is 4. The molecule has 5 nitrogen and oxygen atoms in total. The molecule has 1 aliphatic heterocycles. The van der Waals surface area contributed by atoms with Crippen molar-refractivity contribution in [1.82, 2.24) is 0 Å². The summed E-state index contributed by atoms with van der Waals surface area (Å²) in [6, 6.07) is 15.2. The van der Waals surface area contributed by atoms with E-state index in [4.69, 9.17) is 22.1 Å². The van der Waals surface area contributed by atoms with Gasteiger partial charge in [0.25, 0.3) is 0 Å². The molecule has 2 atom stereocenters. The monoisotopic (exact) mass is 387 g/mol.